The summed E-state index contributed by atoms with van der Waals surface area (Å²) in [5.41, 5.74) is 2.25. The van der Waals surface area contributed by atoms with E-state index in [0.717, 1.165) is 29.5 Å². The number of aryl methyl sites for hydroxylation is 1. The van der Waals surface area contributed by atoms with Crippen molar-refractivity contribution in [2.75, 3.05) is 0 Å². The predicted molar refractivity (Wildman–Crippen MR) is 100 cm³/mol. The fourth-order valence-corrected chi connectivity index (χ4v) is 2.61. The molecule has 0 saturated heterocycles. The topological polar surface area (TPSA) is 35.0 Å². The first kappa shape index (κ1) is 18.4. The average Bonchev–Trinajstić information content (AvgIpc) is 2.59. The Morgan fingerprint density at radius 2 is 1.62 bits per heavy atom. The second kappa shape index (κ2) is 9.41. The molecule has 0 N–H and O–H groups in total. The Kier molecular flexibility index (Phi) is 7.23. The number of rotatable bonds is 9. The SMILES string of the molecule is CC[C@H](C)CCCCc1cnc(-c2ccc(OC(C)C)cc2)nc1. The summed E-state index contributed by atoms with van der Waals surface area (Å²) in [4.78, 5) is 9.04. The molecule has 0 aliphatic rings. The summed E-state index contributed by atoms with van der Waals surface area (Å²) in [5.74, 6) is 2.49. The molecule has 0 saturated carbocycles. The van der Waals surface area contributed by atoms with E-state index in [4.69, 9.17) is 4.74 Å². The number of hydrogen-bond donors (Lipinski definition) is 0. The van der Waals surface area contributed by atoms with E-state index in [0.29, 0.717) is 0 Å². The average molecular weight is 326 g/mol. The van der Waals surface area contributed by atoms with Crippen molar-refractivity contribution in [3.63, 3.8) is 0 Å². The van der Waals surface area contributed by atoms with Crippen LogP contribution in [0.3, 0.4) is 0 Å². The van der Waals surface area contributed by atoms with E-state index >= 15 is 0 Å². The molecule has 0 aliphatic heterocycles. The van der Waals surface area contributed by atoms with Crippen LogP contribution in [0.15, 0.2) is 36.7 Å². The molecule has 24 heavy (non-hydrogen) atoms. The number of unbranched alkanes of at least 4 members (excludes halogenated alkanes) is 1. The van der Waals surface area contributed by atoms with Crippen LogP contribution in [0.5, 0.6) is 5.75 Å². The van der Waals surface area contributed by atoms with E-state index in [-0.39, 0.29) is 6.10 Å². The highest BCUT2D eigenvalue weighted by Crippen LogP contribution is 2.20. The zero-order valence-corrected chi connectivity index (χ0v) is 15.5. The first-order valence-electron chi connectivity index (χ1n) is 9.16. The lowest BCUT2D eigenvalue weighted by molar-refractivity contribution is 0.242. The molecular formula is C21H30N2O. The van der Waals surface area contributed by atoms with E-state index in [2.05, 4.69) is 23.8 Å². The van der Waals surface area contributed by atoms with E-state index in [1.165, 1.54) is 31.2 Å². The van der Waals surface area contributed by atoms with Crippen LogP contribution in [0.2, 0.25) is 0 Å². The van der Waals surface area contributed by atoms with Crippen molar-refractivity contribution in [1.29, 1.82) is 0 Å². The Hall–Kier alpha value is -1.90. The zero-order chi connectivity index (χ0) is 17.4. The fourth-order valence-electron chi connectivity index (χ4n) is 2.61. The minimum absolute atomic E-state index is 0.187. The monoisotopic (exact) mass is 326 g/mol. The van der Waals surface area contributed by atoms with Gasteiger partial charge in [-0.3, -0.25) is 0 Å². The van der Waals surface area contributed by atoms with Gasteiger partial charge in [0.05, 0.1) is 6.10 Å². The Morgan fingerprint density at radius 1 is 0.958 bits per heavy atom. The van der Waals surface area contributed by atoms with Gasteiger partial charge >= 0.3 is 0 Å². The van der Waals surface area contributed by atoms with Crippen molar-refractivity contribution in [1.82, 2.24) is 9.97 Å². The van der Waals surface area contributed by atoms with Crippen LogP contribution < -0.4 is 4.74 Å². The largest absolute Gasteiger partial charge is 0.491 e. The molecule has 0 aliphatic carbocycles. The van der Waals surface area contributed by atoms with Gasteiger partial charge in [-0.25, -0.2) is 9.97 Å². The molecule has 0 bridgehead atoms. The molecule has 1 atom stereocenters. The molecule has 1 aromatic carbocycles. The predicted octanol–water partition coefficient (Wildman–Crippen LogP) is 5.69. The quantitative estimate of drug-likeness (QED) is 0.555. The minimum atomic E-state index is 0.187. The number of hydrogen-bond acceptors (Lipinski definition) is 3. The standard InChI is InChI=1S/C21H30N2O/c1-5-17(4)8-6-7-9-18-14-22-21(23-15-18)19-10-12-20(13-11-19)24-16(2)3/h10-17H,5-9H2,1-4H3/t17-/m0/s1. The molecule has 1 aromatic heterocycles. The van der Waals surface area contributed by atoms with Gasteiger partial charge in [0, 0.05) is 18.0 Å². The van der Waals surface area contributed by atoms with Crippen LogP contribution in [0.25, 0.3) is 11.4 Å². The summed E-state index contributed by atoms with van der Waals surface area (Å²) in [6, 6.07) is 7.97. The molecule has 3 nitrogen and oxygen atoms in total. The smallest absolute Gasteiger partial charge is 0.159 e. The van der Waals surface area contributed by atoms with Gasteiger partial charge < -0.3 is 4.74 Å². The van der Waals surface area contributed by atoms with Gasteiger partial charge in [-0.05, 0) is 62.4 Å². The van der Waals surface area contributed by atoms with Gasteiger partial charge in [0.25, 0.3) is 0 Å². The minimum Gasteiger partial charge on any atom is -0.491 e. The third-order valence-corrected chi connectivity index (χ3v) is 4.30. The summed E-state index contributed by atoms with van der Waals surface area (Å²) in [6.07, 6.45) is 10.3. The summed E-state index contributed by atoms with van der Waals surface area (Å²) in [6.45, 7) is 8.64. The van der Waals surface area contributed by atoms with E-state index in [9.17, 15) is 0 Å². The van der Waals surface area contributed by atoms with Crippen molar-refractivity contribution >= 4 is 0 Å². The van der Waals surface area contributed by atoms with E-state index < -0.39 is 0 Å². The lowest BCUT2D eigenvalue weighted by atomic mass is 10.00. The Morgan fingerprint density at radius 3 is 2.21 bits per heavy atom. The maximum Gasteiger partial charge on any atom is 0.159 e. The molecule has 2 aromatic rings. The van der Waals surface area contributed by atoms with Crippen molar-refractivity contribution in [3.05, 3.63) is 42.2 Å². The molecule has 1 heterocycles. The maximum absolute atomic E-state index is 5.66. The number of nitrogens with zero attached hydrogens (tertiary/aromatic N) is 2. The van der Waals surface area contributed by atoms with Gasteiger partial charge in [0.2, 0.25) is 0 Å². The molecule has 2 rings (SSSR count). The van der Waals surface area contributed by atoms with Crippen molar-refractivity contribution in [3.8, 4) is 17.1 Å². The number of benzene rings is 1. The Bertz CT molecular complexity index is 590. The summed E-state index contributed by atoms with van der Waals surface area (Å²) < 4.78 is 5.66. The number of ether oxygens (including phenoxy) is 1. The fraction of sp³-hybridized carbons (Fsp3) is 0.524. The molecule has 3 heteroatoms. The molecule has 0 fully saturated rings. The van der Waals surface area contributed by atoms with Crippen LogP contribution in [0.1, 0.15) is 58.9 Å². The molecule has 0 amide bonds. The highest BCUT2D eigenvalue weighted by molar-refractivity contribution is 5.55. The Labute approximate surface area is 146 Å². The first-order valence-corrected chi connectivity index (χ1v) is 9.16. The van der Waals surface area contributed by atoms with Crippen molar-refractivity contribution in [2.24, 2.45) is 5.92 Å². The third-order valence-electron chi connectivity index (χ3n) is 4.30. The first-order chi connectivity index (χ1) is 11.6. The van der Waals surface area contributed by atoms with Crippen molar-refractivity contribution < 1.29 is 4.74 Å². The van der Waals surface area contributed by atoms with Crippen LogP contribution in [0, 0.1) is 5.92 Å². The van der Waals surface area contributed by atoms with Crippen LogP contribution in [-0.4, -0.2) is 16.1 Å². The van der Waals surface area contributed by atoms with Gasteiger partial charge in [-0.15, -0.1) is 0 Å². The van der Waals surface area contributed by atoms with Crippen LogP contribution >= 0.6 is 0 Å². The van der Waals surface area contributed by atoms with Gasteiger partial charge in [0.15, 0.2) is 5.82 Å². The number of aromatic nitrogens is 2. The maximum atomic E-state index is 5.66. The van der Waals surface area contributed by atoms with E-state index in [1.54, 1.807) is 0 Å². The normalized spacial score (nSPS) is 12.4. The Balaban J connectivity index is 1.87. The summed E-state index contributed by atoms with van der Waals surface area (Å²) in [7, 11) is 0. The highest BCUT2D eigenvalue weighted by atomic mass is 16.5. The van der Waals surface area contributed by atoms with Gasteiger partial charge in [0.1, 0.15) is 5.75 Å². The second-order valence-corrected chi connectivity index (χ2v) is 6.87. The second-order valence-electron chi connectivity index (χ2n) is 6.87. The van der Waals surface area contributed by atoms with Gasteiger partial charge in [-0.2, -0.15) is 0 Å². The summed E-state index contributed by atoms with van der Waals surface area (Å²) >= 11 is 0. The molecular weight excluding hydrogens is 296 g/mol. The highest BCUT2D eigenvalue weighted by Gasteiger charge is 2.04. The molecule has 130 valence electrons. The molecule has 0 spiro atoms. The molecule has 0 radical (unpaired) electrons. The lowest BCUT2D eigenvalue weighted by Gasteiger charge is -2.10. The molecule has 0 unspecified atom stereocenters. The zero-order valence-electron chi connectivity index (χ0n) is 15.5. The van der Waals surface area contributed by atoms with Crippen LogP contribution in [-0.2, 0) is 6.42 Å². The summed E-state index contributed by atoms with van der Waals surface area (Å²) in [5, 5.41) is 0. The van der Waals surface area contributed by atoms with E-state index in [1.807, 2.05) is 50.5 Å². The third kappa shape index (κ3) is 5.95. The lowest BCUT2D eigenvalue weighted by Crippen LogP contribution is -2.05. The van der Waals surface area contributed by atoms with Crippen molar-refractivity contribution in [2.45, 2.75) is 65.9 Å². The van der Waals surface area contributed by atoms with Gasteiger partial charge in [-0.1, -0.05) is 33.1 Å². The van der Waals surface area contributed by atoms with Crippen LogP contribution in [0.4, 0.5) is 0 Å².